The number of rotatable bonds is 8. The van der Waals surface area contributed by atoms with Crippen LogP contribution >= 0.6 is 0 Å². The molecule has 0 aliphatic rings. The molecule has 0 bridgehead atoms. The van der Waals surface area contributed by atoms with Crippen LogP contribution in [0, 0.1) is 5.41 Å². The highest BCUT2D eigenvalue weighted by atomic mass is 19.4. The van der Waals surface area contributed by atoms with E-state index >= 15 is 0 Å². The highest BCUT2D eigenvalue weighted by Gasteiger charge is 2.92. The van der Waals surface area contributed by atoms with E-state index in [1.807, 2.05) is 0 Å². The second-order valence-electron chi connectivity index (χ2n) is 5.66. The third-order valence-corrected chi connectivity index (χ3v) is 3.68. The van der Waals surface area contributed by atoms with Gasteiger partial charge in [-0.2, -0.15) is 57.1 Å². The summed E-state index contributed by atoms with van der Waals surface area (Å²) in [5.41, 5.74) is -3.75. The minimum Gasteiger partial charge on any atom is -0.303 e. The van der Waals surface area contributed by atoms with Crippen LogP contribution in [0.2, 0.25) is 0 Å². The van der Waals surface area contributed by atoms with E-state index in [2.05, 4.69) is 0 Å². The summed E-state index contributed by atoms with van der Waals surface area (Å²) in [6.45, 7) is 0.952. The van der Waals surface area contributed by atoms with E-state index in [1.165, 1.54) is 0 Å². The molecule has 156 valence electrons. The van der Waals surface area contributed by atoms with E-state index in [1.54, 1.807) is 0 Å². The molecule has 0 spiro atoms. The molecule has 0 radical (unpaired) electrons. The topological polar surface area (TPSA) is 17.1 Å². The lowest BCUT2D eigenvalue weighted by molar-refractivity contribution is -0.445. The van der Waals surface area contributed by atoms with Gasteiger partial charge in [0.1, 0.15) is 6.29 Å². The van der Waals surface area contributed by atoms with Gasteiger partial charge in [0.05, 0.1) is 5.41 Å². The van der Waals surface area contributed by atoms with Gasteiger partial charge in [-0.15, -0.1) is 0 Å². The van der Waals surface area contributed by atoms with Crippen molar-refractivity contribution in [2.45, 2.75) is 62.5 Å². The van der Waals surface area contributed by atoms with Crippen molar-refractivity contribution in [1.29, 1.82) is 0 Å². The first-order chi connectivity index (χ1) is 11.1. The zero-order chi connectivity index (χ0) is 21.6. The van der Waals surface area contributed by atoms with Crippen molar-refractivity contribution in [2.75, 3.05) is 0 Å². The zero-order valence-corrected chi connectivity index (χ0v) is 12.8. The predicted octanol–water partition coefficient (Wildman–Crippen LogP) is 5.73. The highest BCUT2D eigenvalue weighted by molar-refractivity contribution is 5.61. The summed E-state index contributed by atoms with van der Waals surface area (Å²) in [6.07, 6.45) is -10.3. The fourth-order valence-electron chi connectivity index (χ4n) is 1.94. The van der Waals surface area contributed by atoms with Crippen LogP contribution in [-0.2, 0) is 4.79 Å². The van der Waals surface area contributed by atoms with Gasteiger partial charge >= 0.3 is 35.8 Å². The SMILES string of the molecule is CCCC(C)(C=O)C(F)(F)C(F)(F)C(F)(F)C(F)(F)C(F)(F)C(F)(F)F. The molecular weight excluding hydrogens is 407 g/mol. The van der Waals surface area contributed by atoms with Gasteiger partial charge in [-0.1, -0.05) is 13.3 Å². The number of hydrogen-bond acceptors (Lipinski definition) is 1. The van der Waals surface area contributed by atoms with Gasteiger partial charge in [-0.25, -0.2) is 0 Å². The normalized spacial score (nSPS) is 17.8. The van der Waals surface area contributed by atoms with Gasteiger partial charge in [0, 0.05) is 0 Å². The van der Waals surface area contributed by atoms with Crippen LogP contribution < -0.4 is 0 Å². The first-order valence-corrected chi connectivity index (χ1v) is 6.54. The average Bonchev–Trinajstić information content (AvgIpc) is 2.45. The Kier molecular flexibility index (Phi) is 6.12. The summed E-state index contributed by atoms with van der Waals surface area (Å²) >= 11 is 0. The largest absolute Gasteiger partial charge is 0.460 e. The molecule has 14 heteroatoms. The third kappa shape index (κ3) is 3.02. The van der Waals surface area contributed by atoms with Crippen LogP contribution in [0.25, 0.3) is 0 Å². The van der Waals surface area contributed by atoms with Gasteiger partial charge in [0.25, 0.3) is 0 Å². The summed E-state index contributed by atoms with van der Waals surface area (Å²) in [6, 6.07) is 0. The predicted molar refractivity (Wildman–Crippen MR) is 59.9 cm³/mol. The van der Waals surface area contributed by atoms with Crippen LogP contribution in [0.4, 0.5) is 57.1 Å². The van der Waals surface area contributed by atoms with Crippen LogP contribution in [-0.4, -0.2) is 42.1 Å². The smallest absolute Gasteiger partial charge is 0.303 e. The Morgan fingerprint density at radius 2 is 0.923 bits per heavy atom. The minimum atomic E-state index is -7.96. The zero-order valence-electron chi connectivity index (χ0n) is 12.8. The molecule has 0 heterocycles. The number of halogens is 13. The lowest BCUT2D eigenvalue weighted by atomic mass is 9.75. The molecule has 0 aromatic carbocycles. The average molecular weight is 418 g/mol. The number of alkyl halides is 13. The Balaban J connectivity index is 6.54. The van der Waals surface area contributed by atoms with E-state index in [9.17, 15) is 61.9 Å². The maximum Gasteiger partial charge on any atom is 0.460 e. The van der Waals surface area contributed by atoms with Crippen LogP contribution in [0.5, 0.6) is 0 Å². The maximum atomic E-state index is 13.8. The van der Waals surface area contributed by atoms with Gasteiger partial charge < -0.3 is 4.79 Å². The summed E-state index contributed by atoms with van der Waals surface area (Å²) in [5, 5.41) is 0. The van der Waals surface area contributed by atoms with Crippen molar-refractivity contribution in [1.82, 2.24) is 0 Å². The van der Waals surface area contributed by atoms with Crippen molar-refractivity contribution in [3.05, 3.63) is 0 Å². The van der Waals surface area contributed by atoms with E-state index in [-0.39, 0.29) is 6.92 Å². The highest BCUT2D eigenvalue weighted by Crippen LogP contribution is 2.63. The van der Waals surface area contributed by atoms with Crippen LogP contribution in [0.15, 0.2) is 0 Å². The lowest BCUT2D eigenvalue weighted by Crippen LogP contribution is -2.72. The Morgan fingerprint density at radius 1 is 0.615 bits per heavy atom. The van der Waals surface area contributed by atoms with E-state index in [0.717, 1.165) is 6.92 Å². The van der Waals surface area contributed by atoms with E-state index in [4.69, 9.17) is 0 Å². The summed E-state index contributed by atoms with van der Waals surface area (Å²) in [7, 11) is 0. The molecule has 0 aromatic heterocycles. The second kappa shape index (κ2) is 6.43. The molecule has 1 unspecified atom stereocenters. The van der Waals surface area contributed by atoms with Crippen LogP contribution in [0.1, 0.15) is 26.7 Å². The molecule has 0 saturated heterocycles. The monoisotopic (exact) mass is 418 g/mol. The fourth-order valence-corrected chi connectivity index (χ4v) is 1.94. The minimum absolute atomic E-state index is 0.0481. The molecule has 0 N–H and O–H groups in total. The Labute approximate surface area is 137 Å². The number of hydrogen-bond donors (Lipinski definition) is 0. The molecule has 0 amide bonds. The van der Waals surface area contributed by atoms with E-state index in [0.29, 0.717) is 0 Å². The number of aldehydes is 1. The van der Waals surface area contributed by atoms with Crippen molar-refractivity contribution < 1.29 is 61.9 Å². The molecule has 0 aliphatic heterocycles. The Morgan fingerprint density at radius 3 is 1.19 bits per heavy atom. The lowest BCUT2D eigenvalue weighted by Gasteiger charge is -2.43. The quantitative estimate of drug-likeness (QED) is 0.364. The number of carbonyl (C=O) groups excluding carboxylic acids is 1. The molecule has 0 aliphatic carbocycles. The van der Waals surface area contributed by atoms with Gasteiger partial charge in [0.2, 0.25) is 0 Å². The standard InChI is InChI=1S/C12H11F13O/c1-3-4-6(2,5-26)7(13,14)8(15,16)9(17,18)10(19,20)11(21,22)12(23,24)25/h5H,3-4H2,1-2H3. The molecule has 0 saturated carbocycles. The van der Waals surface area contributed by atoms with Crippen molar-refractivity contribution in [2.24, 2.45) is 5.41 Å². The number of carbonyl (C=O) groups is 1. The second-order valence-corrected chi connectivity index (χ2v) is 5.66. The summed E-state index contributed by atoms with van der Waals surface area (Å²) in [5.74, 6) is -37.4. The van der Waals surface area contributed by atoms with Crippen LogP contribution in [0.3, 0.4) is 0 Å². The van der Waals surface area contributed by atoms with Gasteiger partial charge in [0.15, 0.2) is 0 Å². The Bertz CT molecular complexity index is 522. The summed E-state index contributed by atoms with van der Waals surface area (Å²) < 4.78 is 169. The molecule has 0 rings (SSSR count). The van der Waals surface area contributed by atoms with Crippen molar-refractivity contribution in [3.8, 4) is 0 Å². The first kappa shape index (κ1) is 24.8. The van der Waals surface area contributed by atoms with Crippen molar-refractivity contribution >= 4 is 6.29 Å². The molecule has 1 nitrogen and oxygen atoms in total. The van der Waals surface area contributed by atoms with Crippen molar-refractivity contribution in [3.63, 3.8) is 0 Å². The van der Waals surface area contributed by atoms with E-state index < -0.39 is 60.3 Å². The molecule has 1 atom stereocenters. The van der Waals surface area contributed by atoms with Gasteiger partial charge in [-0.3, -0.25) is 0 Å². The molecule has 26 heavy (non-hydrogen) atoms. The maximum absolute atomic E-state index is 13.8. The Hall–Kier alpha value is -1.24. The third-order valence-electron chi connectivity index (χ3n) is 3.68. The molecular formula is C12H11F13O. The molecule has 0 aromatic rings. The summed E-state index contributed by atoms with van der Waals surface area (Å²) in [4.78, 5) is 10.7. The fraction of sp³-hybridized carbons (Fsp3) is 0.917. The molecule has 0 fully saturated rings. The first-order valence-electron chi connectivity index (χ1n) is 6.54. The van der Waals surface area contributed by atoms with Gasteiger partial charge in [-0.05, 0) is 13.3 Å².